The van der Waals surface area contributed by atoms with Gasteiger partial charge in [0.25, 0.3) is 5.91 Å². The van der Waals surface area contributed by atoms with Crippen LogP contribution in [0.1, 0.15) is 55.8 Å². The Morgan fingerprint density at radius 3 is 2.50 bits per heavy atom. The molecule has 1 fully saturated rings. The van der Waals surface area contributed by atoms with Crippen LogP contribution in [-0.4, -0.2) is 44.2 Å². The molecule has 0 aliphatic heterocycles. The molecule has 1 aromatic rings. The first-order chi connectivity index (χ1) is 12.7. The van der Waals surface area contributed by atoms with Gasteiger partial charge in [-0.25, -0.2) is 0 Å². The van der Waals surface area contributed by atoms with Crippen LogP contribution in [0.3, 0.4) is 0 Å². The molecule has 26 heavy (non-hydrogen) atoms. The van der Waals surface area contributed by atoms with E-state index in [1.165, 1.54) is 19.3 Å². The molecule has 0 atom stereocenters. The zero-order chi connectivity index (χ0) is 18.6. The molecule has 1 saturated carbocycles. The summed E-state index contributed by atoms with van der Waals surface area (Å²) in [5, 5.41) is 5.42. The van der Waals surface area contributed by atoms with Crippen molar-refractivity contribution in [1.29, 1.82) is 0 Å². The molecule has 1 aliphatic carbocycles. The number of benzene rings is 1. The Balaban J connectivity index is 1.55. The van der Waals surface area contributed by atoms with Crippen LogP contribution >= 0.6 is 0 Å². The van der Waals surface area contributed by atoms with Gasteiger partial charge in [-0.2, -0.15) is 0 Å². The lowest BCUT2D eigenvalue weighted by molar-refractivity contribution is -0.120. The fourth-order valence-electron chi connectivity index (χ4n) is 2.98. The van der Waals surface area contributed by atoms with Crippen molar-refractivity contribution in [2.24, 2.45) is 0 Å². The number of carbonyl (C=O) groups excluding carboxylic acids is 2. The number of hydrogen-bond acceptors (Lipinski definition) is 4. The fourth-order valence-corrected chi connectivity index (χ4v) is 2.98. The molecular weight excluding hydrogens is 332 g/mol. The van der Waals surface area contributed by atoms with Gasteiger partial charge in [0.15, 0.2) is 0 Å². The molecule has 6 nitrogen and oxygen atoms in total. The highest BCUT2D eigenvalue weighted by atomic mass is 16.5. The monoisotopic (exact) mass is 362 g/mol. The maximum absolute atomic E-state index is 12.0. The number of nitrogens with one attached hydrogen (secondary N) is 2. The van der Waals surface area contributed by atoms with Gasteiger partial charge >= 0.3 is 0 Å². The van der Waals surface area contributed by atoms with E-state index in [-0.39, 0.29) is 18.4 Å². The average molecular weight is 362 g/mol. The van der Waals surface area contributed by atoms with Gasteiger partial charge in [-0.05, 0) is 50.5 Å². The summed E-state index contributed by atoms with van der Waals surface area (Å²) in [7, 11) is 0. The summed E-state index contributed by atoms with van der Waals surface area (Å²) in [6.45, 7) is 3.68. The standard InChI is InChI=1S/C20H30N2O4/c1-2-25-18-11-9-16(10-12-18)20(24)22-15-19(23)21-13-6-14-26-17-7-4-3-5-8-17/h9-12,17H,2-8,13-15H2,1H3,(H,21,23)(H,22,24). The number of carbonyl (C=O) groups is 2. The Bertz CT molecular complexity index is 553. The molecule has 0 aromatic heterocycles. The lowest BCUT2D eigenvalue weighted by atomic mass is 9.98. The Hall–Kier alpha value is -2.08. The second kappa shape index (κ2) is 11.5. The fraction of sp³-hybridized carbons (Fsp3) is 0.600. The van der Waals surface area contributed by atoms with E-state index < -0.39 is 0 Å². The summed E-state index contributed by atoms with van der Waals surface area (Å²) < 4.78 is 11.2. The molecule has 0 heterocycles. The summed E-state index contributed by atoms with van der Waals surface area (Å²) in [5.74, 6) is 0.253. The Kier molecular flexibility index (Phi) is 8.96. The van der Waals surface area contributed by atoms with Crippen LogP contribution in [0.15, 0.2) is 24.3 Å². The minimum atomic E-state index is -0.274. The van der Waals surface area contributed by atoms with Crippen LogP contribution in [0.4, 0.5) is 0 Å². The summed E-state index contributed by atoms with van der Waals surface area (Å²) >= 11 is 0. The number of rotatable bonds is 10. The molecule has 0 unspecified atom stereocenters. The Morgan fingerprint density at radius 1 is 1.08 bits per heavy atom. The highest BCUT2D eigenvalue weighted by Gasteiger charge is 2.13. The molecule has 144 valence electrons. The SMILES string of the molecule is CCOc1ccc(C(=O)NCC(=O)NCCCOC2CCCCC2)cc1. The van der Waals surface area contributed by atoms with E-state index in [4.69, 9.17) is 9.47 Å². The molecule has 1 aliphatic rings. The van der Waals surface area contributed by atoms with Crippen molar-refractivity contribution in [2.45, 2.75) is 51.6 Å². The van der Waals surface area contributed by atoms with Gasteiger partial charge in [0.05, 0.1) is 19.3 Å². The van der Waals surface area contributed by atoms with Gasteiger partial charge in [0, 0.05) is 18.7 Å². The second-order valence-corrected chi connectivity index (χ2v) is 6.47. The van der Waals surface area contributed by atoms with Crippen LogP contribution in [0.5, 0.6) is 5.75 Å². The third-order valence-corrected chi connectivity index (χ3v) is 4.39. The van der Waals surface area contributed by atoms with E-state index in [0.717, 1.165) is 25.0 Å². The number of hydrogen-bond donors (Lipinski definition) is 2. The third kappa shape index (κ3) is 7.44. The first-order valence-corrected chi connectivity index (χ1v) is 9.58. The second-order valence-electron chi connectivity index (χ2n) is 6.47. The van der Waals surface area contributed by atoms with E-state index in [9.17, 15) is 9.59 Å². The van der Waals surface area contributed by atoms with Gasteiger partial charge in [-0.1, -0.05) is 19.3 Å². The van der Waals surface area contributed by atoms with Crippen LogP contribution in [0, 0.1) is 0 Å². The largest absolute Gasteiger partial charge is 0.494 e. The quantitative estimate of drug-likeness (QED) is 0.628. The molecule has 0 spiro atoms. The molecular formula is C20H30N2O4. The summed E-state index contributed by atoms with van der Waals surface area (Å²) in [5.41, 5.74) is 0.502. The molecule has 2 N–H and O–H groups in total. The topological polar surface area (TPSA) is 76.7 Å². The first-order valence-electron chi connectivity index (χ1n) is 9.58. The highest BCUT2D eigenvalue weighted by Crippen LogP contribution is 2.20. The van der Waals surface area contributed by atoms with Crippen LogP contribution in [0.2, 0.25) is 0 Å². The van der Waals surface area contributed by atoms with Crippen molar-refractivity contribution >= 4 is 11.8 Å². The number of amides is 2. The van der Waals surface area contributed by atoms with Crippen LogP contribution in [0.25, 0.3) is 0 Å². The first kappa shape index (κ1) is 20.2. The predicted molar refractivity (Wildman–Crippen MR) is 100 cm³/mol. The highest BCUT2D eigenvalue weighted by molar-refractivity contribution is 5.96. The minimum Gasteiger partial charge on any atom is -0.494 e. The van der Waals surface area contributed by atoms with Gasteiger partial charge in [0.1, 0.15) is 5.75 Å². The predicted octanol–water partition coefficient (Wildman–Crippen LogP) is 2.67. The smallest absolute Gasteiger partial charge is 0.251 e. The summed E-state index contributed by atoms with van der Waals surface area (Å²) in [6.07, 6.45) is 7.33. The lowest BCUT2D eigenvalue weighted by Crippen LogP contribution is -2.37. The Morgan fingerprint density at radius 2 is 1.81 bits per heavy atom. The van der Waals surface area contributed by atoms with E-state index in [1.807, 2.05) is 6.92 Å². The van der Waals surface area contributed by atoms with Crippen LogP contribution in [-0.2, 0) is 9.53 Å². The van der Waals surface area contributed by atoms with Crippen molar-refractivity contribution in [1.82, 2.24) is 10.6 Å². The zero-order valence-electron chi connectivity index (χ0n) is 15.6. The minimum absolute atomic E-state index is 0.0322. The maximum Gasteiger partial charge on any atom is 0.251 e. The van der Waals surface area contributed by atoms with Crippen molar-refractivity contribution in [3.05, 3.63) is 29.8 Å². The van der Waals surface area contributed by atoms with Gasteiger partial charge in [-0.3, -0.25) is 9.59 Å². The molecule has 1 aromatic carbocycles. The number of ether oxygens (including phenoxy) is 2. The van der Waals surface area contributed by atoms with Gasteiger partial charge < -0.3 is 20.1 Å². The summed E-state index contributed by atoms with van der Waals surface area (Å²) in [6, 6.07) is 6.84. The van der Waals surface area contributed by atoms with Crippen molar-refractivity contribution in [3.8, 4) is 5.75 Å². The molecule has 0 saturated heterocycles. The molecule has 6 heteroatoms. The van der Waals surface area contributed by atoms with E-state index in [0.29, 0.717) is 31.4 Å². The summed E-state index contributed by atoms with van der Waals surface area (Å²) in [4.78, 5) is 23.8. The van der Waals surface area contributed by atoms with Crippen molar-refractivity contribution in [2.75, 3.05) is 26.3 Å². The van der Waals surface area contributed by atoms with Crippen molar-refractivity contribution in [3.63, 3.8) is 0 Å². The zero-order valence-corrected chi connectivity index (χ0v) is 15.6. The Labute approximate surface area is 155 Å². The van der Waals surface area contributed by atoms with Crippen LogP contribution < -0.4 is 15.4 Å². The third-order valence-electron chi connectivity index (χ3n) is 4.39. The van der Waals surface area contributed by atoms with E-state index in [1.54, 1.807) is 24.3 Å². The van der Waals surface area contributed by atoms with E-state index in [2.05, 4.69) is 10.6 Å². The normalized spacial score (nSPS) is 14.7. The van der Waals surface area contributed by atoms with E-state index >= 15 is 0 Å². The molecule has 0 bridgehead atoms. The lowest BCUT2D eigenvalue weighted by Gasteiger charge is -2.21. The molecule has 2 amide bonds. The molecule has 2 rings (SSSR count). The maximum atomic E-state index is 12.0. The average Bonchev–Trinajstić information content (AvgIpc) is 2.67. The molecule has 0 radical (unpaired) electrons. The van der Waals surface area contributed by atoms with Crippen molar-refractivity contribution < 1.29 is 19.1 Å². The van der Waals surface area contributed by atoms with Gasteiger partial charge in [-0.15, -0.1) is 0 Å². The van der Waals surface area contributed by atoms with Gasteiger partial charge in [0.2, 0.25) is 5.91 Å².